The summed E-state index contributed by atoms with van der Waals surface area (Å²) in [7, 11) is 0. The van der Waals surface area contributed by atoms with E-state index < -0.39 is 0 Å². The summed E-state index contributed by atoms with van der Waals surface area (Å²) in [6.45, 7) is 6.30. The van der Waals surface area contributed by atoms with Crippen LogP contribution < -0.4 is 10.6 Å². The molecular weight excluding hydrogens is 224 g/mol. The van der Waals surface area contributed by atoms with Crippen LogP contribution in [-0.2, 0) is 0 Å². The van der Waals surface area contributed by atoms with Crippen molar-refractivity contribution >= 4 is 23.3 Å². The van der Waals surface area contributed by atoms with Crippen LogP contribution in [0.15, 0.2) is 18.2 Å². The highest BCUT2D eigenvalue weighted by Crippen LogP contribution is 2.39. The summed E-state index contributed by atoms with van der Waals surface area (Å²) in [5.41, 5.74) is 1.85. The number of carbonyl (C=O) groups excluding carboxylic acids is 1. The van der Waals surface area contributed by atoms with E-state index in [0.717, 1.165) is 11.3 Å². The molecule has 0 radical (unpaired) electrons. The molecule has 1 aliphatic heterocycles. The standard InChI is InChI=1S/C12H15ClN2O/c1-12(2,3)10-8-5-4-7(13)6-9(8)14-11(16)15-10/h4-6,10H,1-3H3,(H2,14,15,16). The van der Waals surface area contributed by atoms with E-state index in [1.807, 2.05) is 12.1 Å². The van der Waals surface area contributed by atoms with E-state index in [1.54, 1.807) is 6.07 Å². The number of nitrogens with one attached hydrogen (secondary N) is 2. The largest absolute Gasteiger partial charge is 0.330 e. The van der Waals surface area contributed by atoms with Crippen LogP contribution >= 0.6 is 11.6 Å². The van der Waals surface area contributed by atoms with E-state index >= 15 is 0 Å². The van der Waals surface area contributed by atoms with Gasteiger partial charge in [-0.25, -0.2) is 4.79 Å². The fraction of sp³-hybridized carbons (Fsp3) is 0.417. The number of anilines is 1. The van der Waals surface area contributed by atoms with Gasteiger partial charge < -0.3 is 10.6 Å². The van der Waals surface area contributed by atoms with Crippen molar-refractivity contribution in [2.24, 2.45) is 5.41 Å². The summed E-state index contributed by atoms with van der Waals surface area (Å²) >= 11 is 5.91. The summed E-state index contributed by atoms with van der Waals surface area (Å²) < 4.78 is 0. The van der Waals surface area contributed by atoms with Gasteiger partial charge in [-0.3, -0.25) is 0 Å². The zero-order chi connectivity index (χ0) is 11.9. The van der Waals surface area contributed by atoms with Gasteiger partial charge in [-0.05, 0) is 23.1 Å². The van der Waals surface area contributed by atoms with E-state index in [9.17, 15) is 4.79 Å². The molecule has 2 rings (SSSR count). The van der Waals surface area contributed by atoms with Crippen LogP contribution in [0.2, 0.25) is 5.02 Å². The molecule has 0 aromatic heterocycles. The van der Waals surface area contributed by atoms with Crippen LogP contribution in [0, 0.1) is 5.41 Å². The SMILES string of the molecule is CC(C)(C)C1NC(=O)Nc2cc(Cl)ccc21. The molecule has 1 aliphatic rings. The van der Waals surface area contributed by atoms with Crippen molar-refractivity contribution in [1.29, 1.82) is 0 Å². The molecule has 2 amide bonds. The van der Waals surface area contributed by atoms with Crippen molar-refractivity contribution in [3.8, 4) is 0 Å². The number of hydrogen-bond donors (Lipinski definition) is 2. The summed E-state index contributed by atoms with van der Waals surface area (Å²) in [4.78, 5) is 11.5. The summed E-state index contributed by atoms with van der Waals surface area (Å²) in [5.74, 6) is 0. The number of halogens is 1. The molecule has 1 aromatic rings. The molecule has 0 saturated heterocycles. The average Bonchev–Trinajstić information content (AvgIpc) is 2.14. The summed E-state index contributed by atoms with van der Waals surface area (Å²) in [5, 5.41) is 6.34. The molecule has 1 aromatic carbocycles. The lowest BCUT2D eigenvalue weighted by atomic mass is 9.81. The van der Waals surface area contributed by atoms with Gasteiger partial charge in [0, 0.05) is 10.7 Å². The Bertz CT molecular complexity index is 437. The Morgan fingerprint density at radius 1 is 1.31 bits per heavy atom. The van der Waals surface area contributed by atoms with Crippen molar-refractivity contribution in [2.75, 3.05) is 5.32 Å². The third-order valence-electron chi connectivity index (χ3n) is 2.72. The van der Waals surface area contributed by atoms with Gasteiger partial charge in [0.1, 0.15) is 0 Å². The first-order valence-corrected chi connectivity index (χ1v) is 5.63. The van der Waals surface area contributed by atoms with Gasteiger partial charge in [-0.2, -0.15) is 0 Å². The maximum Gasteiger partial charge on any atom is 0.319 e. The second-order valence-electron chi connectivity index (χ2n) is 5.13. The molecule has 1 unspecified atom stereocenters. The Hall–Kier alpha value is -1.22. The lowest BCUT2D eigenvalue weighted by Gasteiger charge is -2.36. The second kappa shape index (κ2) is 3.67. The number of amides is 2. The molecule has 0 aliphatic carbocycles. The molecule has 0 spiro atoms. The van der Waals surface area contributed by atoms with Gasteiger partial charge in [0.15, 0.2) is 0 Å². The quantitative estimate of drug-likeness (QED) is 0.713. The van der Waals surface area contributed by atoms with E-state index in [2.05, 4.69) is 31.4 Å². The van der Waals surface area contributed by atoms with Gasteiger partial charge >= 0.3 is 6.03 Å². The van der Waals surface area contributed by atoms with Crippen molar-refractivity contribution in [3.63, 3.8) is 0 Å². The molecule has 3 nitrogen and oxygen atoms in total. The second-order valence-corrected chi connectivity index (χ2v) is 5.57. The Balaban J connectivity index is 2.50. The molecule has 4 heteroatoms. The molecular formula is C12H15ClN2O. The third-order valence-corrected chi connectivity index (χ3v) is 2.95. The van der Waals surface area contributed by atoms with E-state index in [4.69, 9.17) is 11.6 Å². The van der Waals surface area contributed by atoms with Crippen LogP contribution in [0.3, 0.4) is 0 Å². The van der Waals surface area contributed by atoms with Gasteiger partial charge in [0.2, 0.25) is 0 Å². The minimum Gasteiger partial charge on any atom is -0.330 e. The first kappa shape index (κ1) is 11.3. The molecule has 1 atom stereocenters. The zero-order valence-electron chi connectivity index (χ0n) is 9.60. The smallest absolute Gasteiger partial charge is 0.319 e. The van der Waals surface area contributed by atoms with Gasteiger partial charge in [0.05, 0.1) is 6.04 Å². The van der Waals surface area contributed by atoms with Crippen molar-refractivity contribution in [3.05, 3.63) is 28.8 Å². The molecule has 16 heavy (non-hydrogen) atoms. The predicted octanol–water partition coefficient (Wildman–Crippen LogP) is 3.56. The van der Waals surface area contributed by atoms with Crippen molar-refractivity contribution < 1.29 is 4.79 Å². The Morgan fingerprint density at radius 3 is 2.62 bits per heavy atom. The highest BCUT2D eigenvalue weighted by Gasteiger charge is 2.33. The number of hydrogen-bond acceptors (Lipinski definition) is 1. The van der Waals surface area contributed by atoms with Crippen LogP contribution in [0.5, 0.6) is 0 Å². The van der Waals surface area contributed by atoms with Gasteiger partial charge in [0.25, 0.3) is 0 Å². The number of fused-ring (bicyclic) bond motifs is 1. The van der Waals surface area contributed by atoms with Crippen LogP contribution in [0.1, 0.15) is 32.4 Å². The van der Waals surface area contributed by atoms with Crippen LogP contribution in [0.25, 0.3) is 0 Å². The maximum atomic E-state index is 11.5. The van der Waals surface area contributed by atoms with Gasteiger partial charge in [-0.15, -0.1) is 0 Å². The molecule has 1 heterocycles. The lowest BCUT2D eigenvalue weighted by molar-refractivity contribution is 0.226. The molecule has 0 saturated carbocycles. The number of carbonyl (C=O) groups is 1. The first-order chi connectivity index (χ1) is 7.38. The number of rotatable bonds is 0. The maximum absolute atomic E-state index is 11.5. The monoisotopic (exact) mass is 238 g/mol. The normalized spacial score (nSPS) is 19.8. The van der Waals surface area contributed by atoms with Crippen molar-refractivity contribution in [2.45, 2.75) is 26.8 Å². The molecule has 0 bridgehead atoms. The van der Waals surface area contributed by atoms with E-state index in [0.29, 0.717) is 5.02 Å². The van der Waals surface area contributed by atoms with Crippen LogP contribution in [0.4, 0.5) is 10.5 Å². The van der Waals surface area contributed by atoms with Crippen molar-refractivity contribution in [1.82, 2.24) is 5.32 Å². The Labute approximate surface area is 100 Å². The lowest BCUT2D eigenvalue weighted by Crippen LogP contribution is -2.43. The highest BCUT2D eigenvalue weighted by molar-refractivity contribution is 6.31. The third kappa shape index (κ3) is 2.00. The van der Waals surface area contributed by atoms with E-state index in [1.165, 1.54) is 0 Å². The predicted molar refractivity (Wildman–Crippen MR) is 65.8 cm³/mol. The molecule has 86 valence electrons. The number of urea groups is 1. The summed E-state index contributed by atoms with van der Waals surface area (Å²) in [6, 6.07) is 5.43. The zero-order valence-corrected chi connectivity index (χ0v) is 10.4. The Kier molecular flexibility index (Phi) is 2.58. The highest BCUT2D eigenvalue weighted by atomic mass is 35.5. The molecule has 0 fully saturated rings. The van der Waals surface area contributed by atoms with Crippen LogP contribution in [-0.4, -0.2) is 6.03 Å². The Morgan fingerprint density at radius 2 is 2.00 bits per heavy atom. The topological polar surface area (TPSA) is 41.1 Å². The fourth-order valence-corrected chi connectivity index (χ4v) is 2.11. The minimum absolute atomic E-state index is 0.00789. The number of benzene rings is 1. The average molecular weight is 239 g/mol. The summed E-state index contributed by atoms with van der Waals surface area (Å²) in [6.07, 6.45) is 0. The fourth-order valence-electron chi connectivity index (χ4n) is 1.94. The molecule has 2 N–H and O–H groups in total. The minimum atomic E-state index is -0.172. The first-order valence-electron chi connectivity index (χ1n) is 5.25. The van der Waals surface area contributed by atoms with E-state index in [-0.39, 0.29) is 17.5 Å². The van der Waals surface area contributed by atoms with Gasteiger partial charge in [-0.1, -0.05) is 38.4 Å².